The van der Waals surface area contributed by atoms with Crippen LogP contribution in [0.5, 0.6) is 0 Å². The number of nitrogens with zero attached hydrogens (tertiary/aromatic N) is 2. The van der Waals surface area contributed by atoms with Crippen LogP contribution >= 0.6 is 15.9 Å². The zero-order valence-electron chi connectivity index (χ0n) is 7.54. The third kappa shape index (κ3) is 2.54. The molecule has 2 heterocycles. The Bertz CT molecular complexity index is 266. The fraction of sp³-hybridized carbons (Fsp3) is 0.667. The van der Waals surface area contributed by atoms with Gasteiger partial charge in [-0.25, -0.2) is 0 Å². The van der Waals surface area contributed by atoms with Crippen molar-refractivity contribution in [1.29, 1.82) is 0 Å². The Balaban J connectivity index is 1.89. The first-order valence-electron chi connectivity index (χ1n) is 4.73. The first-order valence-corrected chi connectivity index (χ1v) is 5.52. The molecule has 0 aromatic carbocycles. The Labute approximate surface area is 86.6 Å². The number of rotatable bonds is 2. The van der Waals surface area contributed by atoms with Gasteiger partial charge in [0, 0.05) is 12.7 Å². The minimum Gasteiger partial charge on any atom is -0.316 e. The topological polar surface area (TPSA) is 29.9 Å². The Morgan fingerprint density at radius 3 is 3.23 bits per heavy atom. The molecule has 1 aromatic heterocycles. The van der Waals surface area contributed by atoms with E-state index in [1.54, 1.807) is 0 Å². The quantitative estimate of drug-likeness (QED) is 0.857. The van der Waals surface area contributed by atoms with E-state index in [-0.39, 0.29) is 0 Å². The number of hydrogen-bond donors (Lipinski definition) is 1. The summed E-state index contributed by atoms with van der Waals surface area (Å²) in [5, 5.41) is 7.66. The van der Waals surface area contributed by atoms with Crippen molar-refractivity contribution in [3.63, 3.8) is 0 Å². The lowest BCUT2D eigenvalue weighted by Gasteiger charge is -2.22. The smallest absolute Gasteiger partial charge is 0.0632 e. The summed E-state index contributed by atoms with van der Waals surface area (Å²) in [6.45, 7) is 3.36. The van der Waals surface area contributed by atoms with Gasteiger partial charge in [0.25, 0.3) is 0 Å². The third-order valence-corrected chi connectivity index (χ3v) is 2.86. The van der Waals surface area contributed by atoms with Gasteiger partial charge in [-0.3, -0.25) is 4.68 Å². The molecule has 0 amide bonds. The second-order valence-electron chi connectivity index (χ2n) is 3.59. The van der Waals surface area contributed by atoms with E-state index < -0.39 is 0 Å². The zero-order valence-corrected chi connectivity index (χ0v) is 9.13. The number of piperidine rings is 1. The minimum absolute atomic E-state index is 0.751. The monoisotopic (exact) mass is 243 g/mol. The summed E-state index contributed by atoms with van der Waals surface area (Å²) in [6, 6.07) is 0. The molecule has 0 spiro atoms. The van der Waals surface area contributed by atoms with Gasteiger partial charge in [-0.15, -0.1) is 0 Å². The van der Waals surface area contributed by atoms with Crippen molar-refractivity contribution in [2.24, 2.45) is 5.92 Å². The van der Waals surface area contributed by atoms with E-state index >= 15 is 0 Å². The van der Waals surface area contributed by atoms with E-state index in [9.17, 15) is 0 Å². The van der Waals surface area contributed by atoms with E-state index in [4.69, 9.17) is 0 Å². The fourth-order valence-corrected chi connectivity index (χ4v) is 2.11. The summed E-state index contributed by atoms with van der Waals surface area (Å²) >= 11 is 3.40. The van der Waals surface area contributed by atoms with E-state index in [1.165, 1.54) is 19.4 Å². The van der Waals surface area contributed by atoms with Gasteiger partial charge < -0.3 is 5.32 Å². The standard InChI is InChI=1S/C9H14BrN3/c10-9-5-12-13(7-9)6-8-2-1-3-11-4-8/h5,7-8,11H,1-4,6H2. The molecule has 2 rings (SSSR count). The van der Waals surface area contributed by atoms with Crippen molar-refractivity contribution in [1.82, 2.24) is 15.1 Å². The molecule has 0 bridgehead atoms. The van der Waals surface area contributed by atoms with Crippen LogP contribution in [0.4, 0.5) is 0 Å². The highest BCUT2D eigenvalue weighted by Gasteiger charge is 2.13. The summed E-state index contributed by atoms with van der Waals surface area (Å²) in [4.78, 5) is 0. The van der Waals surface area contributed by atoms with Crippen LogP contribution in [0, 0.1) is 5.92 Å². The predicted molar refractivity (Wildman–Crippen MR) is 55.5 cm³/mol. The molecule has 4 heteroatoms. The number of hydrogen-bond acceptors (Lipinski definition) is 2. The number of aromatic nitrogens is 2. The molecule has 1 aliphatic rings. The maximum absolute atomic E-state index is 4.25. The SMILES string of the molecule is Brc1cnn(CC2CCCNC2)c1. The molecular weight excluding hydrogens is 230 g/mol. The molecule has 1 N–H and O–H groups in total. The van der Waals surface area contributed by atoms with E-state index in [0.29, 0.717) is 0 Å². The molecule has 0 aliphatic carbocycles. The van der Waals surface area contributed by atoms with Crippen molar-refractivity contribution in [2.75, 3.05) is 13.1 Å². The van der Waals surface area contributed by atoms with E-state index in [1.807, 2.05) is 17.1 Å². The predicted octanol–water partition coefficient (Wildman–Crippen LogP) is 1.65. The Morgan fingerprint density at radius 2 is 2.62 bits per heavy atom. The van der Waals surface area contributed by atoms with E-state index in [0.717, 1.165) is 23.5 Å². The Kier molecular flexibility index (Phi) is 3.01. The average Bonchev–Trinajstić information content (AvgIpc) is 2.53. The van der Waals surface area contributed by atoms with Gasteiger partial charge in [-0.1, -0.05) is 0 Å². The molecular formula is C9H14BrN3. The number of nitrogens with one attached hydrogen (secondary N) is 1. The minimum atomic E-state index is 0.751. The summed E-state index contributed by atoms with van der Waals surface area (Å²) in [5.41, 5.74) is 0. The van der Waals surface area contributed by atoms with Crippen LogP contribution in [0.25, 0.3) is 0 Å². The summed E-state index contributed by atoms with van der Waals surface area (Å²) in [6.07, 6.45) is 6.50. The maximum Gasteiger partial charge on any atom is 0.0632 e. The average molecular weight is 244 g/mol. The molecule has 13 heavy (non-hydrogen) atoms. The highest BCUT2D eigenvalue weighted by Crippen LogP contribution is 2.13. The number of halogens is 1. The Hall–Kier alpha value is -0.350. The van der Waals surface area contributed by atoms with E-state index in [2.05, 4.69) is 26.3 Å². The molecule has 1 fully saturated rings. The van der Waals surface area contributed by atoms with Crippen LogP contribution in [-0.4, -0.2) is 22.9 Å². The summed E-state index contributed by atoms with van der Waals surface area (Å²) in [7, 11) is 0. The first kappa shape index (κ1) is 9.21. The fourth-order valence-electron chi connectivity index (χ4n) is 1.78. The van der Waals surface area contributed by atoms with Crippen LogP contribution in [0.15, 0.2) is 16.9 Å². The van der Waals surface area contributed by atoms with Crippen molar-refractivity contribution in [3.05, 3.63) is 16.9 Å². The van der Waals surface area contributed by atoms with Crippen LogP contribution in [-0.2, 0) is 6.54 Å². The largest absolute Gasteiger partial charge is 0.316 e. The summed E-state index contributed by atoms with van der Waals surface area (Å²) < 4.78 is 3.08. The normalized spacial score (nSPS) is 23.3. The molecule has 1 aromatic rings. The molecule has 0 radical (unpaired) electrons. The maximum atomic E-state index is 4.25. The van der Waals surface area contributed by atoms with Crippen LogP contribution in [0.1, 0.15) is 12.8 Å². The van der Waals surface area contributed by atoms with Crippen LogP contribution < -0.4 is 5.32 Å². The molecule has 72 valence electrons. The van der Waals surface area contributed by atoms with Crippen molar-refractivity contribution < 1.29 is 0 Å². The zero-order chi connectivity index (χ0) is 9.10. The van der Waals surface area contributed by atoms with Crippen LogP contribution in [0.3, 0.4) is 0 Å². The van der Waals surface area contributed by atoms with Gasteiger partial charge in [0.05, 0.1) is 10.7 Å². The second-order valence-corrected chi connectivity index (χ2v) is 4.51. The lowest BCUT2D eigenvalue weighted by molar-refractivity contribution is 0.325. The van der Waals surface area contributed by atoms with Gasteiger partial charge in [-0.05, 0) is 47.8 Å². The first-order chi connectivity index (χ1) is 6.34. The molecule has 1 atom stereocenters. The van der Waals surface area contributed by atoms with Crippen LogP contribution in [0.2, 0.25) is 0 Å². The van der Waals surface area contributed by atoms with Gasteiger partial charge in [-0.2, -0.15) is 5.10 Å². The Morgan fingerprint density at radius 1 is 1.69 bits per heavy atom. The van der Waals surface area contributed by atoms with Crippen molar-refractivity contribution in [3.8, 4) is 0 Å². The molecule has 3 nitrogen and oxygen atoms in total. The lowest BCUT2D eigenvalue weighted by atomic mass is 10.00. The van der Waals surface area contributed by atoms with Gasteiger partial charge in [0.2, 0.25) is 0 Å². The highest BCUT2D eigenvalue weighted by atomic mass is 79.9. The van der Waals surface area contributed by atoms with Gasteiger partial charge in [0.1, 0.15) is 0 Å². The molecule has 1 unspecified atom stereocenters. The molecule has 0 saturated carbocycles. The molecule has 1 saturated heterocycles. The van der Waals surface area contributed by atoms with Crippen molar-refractivity contribution in [2.45, 2.75) is 19.4 Å². The van der Waals surface area contributed by atoms with Gasteiger partial charge in [0.15, 0.2) is 0 Å². The van der Waals surface area contributed by atoms with Crippen molar-refractivity contribution >= 4 is 15.9 Å². The lowest BCUT2D eigenvalue weighted by Crippen LogP contribution is -2.32. The molecule has 1 aliphatic heterocycles. The third-order valence-electron chi connectivity index (χ3n) is 2.45. The summed E-state index contributed by atoms with van der Waals surface area (Å²) in [5.74, 6) is 0.751. The highest BCUT2D eigenvalue weighted by molar-refractivity contribution is 9.10. The second kappa shape index (κ2) is 4.24. The van der Waals surface area contributed by atoms with Gasteiger partial charge >= 0.3 is 0 Å².